The molecule has 0 aliphatic carbocycles. The fourth-order valence-electron chi connectivity index (χ4n) is 0.654. The molecule has 4 heteroatoms. The van der Waals surface area contributed by atoms with Crippen molar-refractivity contribution in [3.05, 3.63) is 29.8 Å². The van der Waals surface area contributed by atoms with Crippen LogP contribution in [0.2, 0.25) is 0 Å². The predicted octanol–water partition coefficient (Wildman–Crippen LogP) is 0.174. The molecule has 1 aromatic rings. The molecule has 0 amide bonds. The molecule has 0 saturated carbocycles. The van der Waals surface area contributed by atoms with Gasteiger partial charge >= 0.3 is 33.3 Å². The van der Waals surface area contributed by atoms with E-state index in [2.05, 4.69) is 0 Å². The number of para-hydroxylation sites is 1. The van der Waals surface area contributed by atoms with E-state index in [1.54, 1.807) is 12.1 Å². The van der Waals surface area contributed by atoms with Crippen molar-refractivity contribution in [1.82, 2.24) is 0 Å². The van der Waals surface area contributed by atoms with Gasteiger partial charge < -0.3 is 10.2 Å². The number of carboxylic acids is 1. The number of rotatable bonds is 1. The zero-order valence-corrected chi connectivity index (χ0v) is 11.3. The monoisotopic (exact) mass is 348 g/mol. The number of phenols is 1. The first-order valence-electron chi connectivity index (χ1n) is 2.73. The standard InChI is InChI=1S/C7H6O3.Pb.2H/c8-6-4-2-1-3-5(6)7(9)10;;;/h1-4,8H,(H,9,10);;;. The van der Waals surface area contributed by atoms with Gasteiger partial charge in [-0.25, -0.2) is 4.79 Å². The van der Waals surface area contributed by atoms with Crippen LogP contribution >= 0.6 is 0 Å². The second-order valence-corrected chi connectivity index (χ2v) is 1.82. The first-order chi connectivity index (χ1) is 4.72. The SMILES string of the molecule is O=C(O)c1ccccc1O.[PbH2]. The molecule has 3 nitrogen and oxygen atoms in total. The number of carbonyl (C=O) groups is 1. The molecule has 0 atom stereocenters. The topological polar surface area (TPSA) is 57.5 Å². The quantitative estimate of drug-likeness (QED) is 0.713. The van der Waals surface area contributed by atoms with Crippen molar-refractivity contribution < 1.29 is 15.0 Å². The Morgan fingerprint density at radius 3 is 2.18 bits per heavy atom. The summed E-state index contributed by atoms with van der Waals surface area (Å²) in [6.45, 7) is 0. The fourth-order valence-corrected chi connectivity index (χ4v) is 0.654. The Bertz CT molecular complexity index is 260. The van der Waals surface area contributed by atoms with E-state index in [4.69, 9.17) is 10.2 Å². The van der Waals surface area contributed by atoms with Crippen LogP contribution in [0.5, 0.6) is 5.75 Å². The Labute approximate surface area is 83.8 Å². The van der Waals surface area contributed by atoms with Crippen LogP contribution < -0.4 is 0 Å². The van der Waals surface area contributed by atoms with Crippen molar-refractivity contribution in [3.63, 3.8) is 0 Å². The first-order valence-corrected chi connectivity index (χ1v) is 2.73. The van der Waals surface area contributed by atoms with Gasteiger partial charge in [0.15, 0.2) is 0 Å². The summed E-state index contributed by atoms with van der Waals surface area (Å²) in [5, 5.41) is 17.3. The Balaban J connectivity index is 0.000001000. The van der Waals surface area contributed by atoms with Crippen LogP contribution in [0, 0.1) is 0 Å². The van der Waals surface area contributed by atoms with Crippen LogP contribution in [0.1, 0.15) is 10.4 Å². The van der Waals surface area contributed by atoms with Crippen LogP contribution in [-0.2, 0) is 0 Å². The van der Waals surface area contributed by atoms with Gasteiger partial charge in [-0.3, -0.25) is 0 Å². The zero-order valence-electron chi connectivity index (χ0n) is 5.82. The molecular weight excluding hydrogens is 339 g/mol. The van der Waals surface area contributed by atoms with Crippen molar-refractivity contribution in [1.29, 1.82) is 0 Å². The fraction of sp³-hybridized carbons (Fsp3) is 0. The number of aromatic carboxylic acids is 1. The summed E-state index contributed by atoms with van der Waals surface area (Å²) >= 11 is 0. The average molecular weight is 347 g/mol. The third-order valence-corrected chi connectivity index (χ3v) is 1.13. The third-order valence-electron chi connectivity index (χ3n) is 1.13. The molecule has 58 valence electrons. The summed E-state index contributed by atoms with van der Waals surface area (Å²) in [5.41, 5.74) is -0.0671. The average Bonchev–Trinajstić information content (AvgIpc) is 1.88. The van der Waals surface area contributed by atoms with Crippen LogP contribution in [0.15, 0.2) is 24.3 Å². The molecule has 2 radical (unpaired) electrons. The van der Waals surface area contributed by atoms with Gasteiger partial charge in [-0.15, -0.1) is 0 Å². The molecule has 11 heavy (non-hydrogen) atoms. The van der Waals surface area contributed by atoms with Crippen LogP contribution in [0.3, 0.4) is 0 Å². The molecule has 0 spiro atoms. The molecule has 0 aliphatic rings. The molecule has 0 unspecified atom stereocenters. The summed E-state index contributed by atoms with van der Waals surface area (Å²) in [7, 11) is 0. The van der Waals surface area contributed by atoms with E-state index >= 15 is 0 Å². The maximum absolute atomic E-state index is 10.3. The van der Waals surface area contributed by atoms with E-state index in [0.29, 0.717) is 0 Å². The zero-order chi connectivity index (χ0) is 7.56. The number of hydrogen-bond donors (Lipinski definition) is 2. The minimum absolute atomic E-state index is 0. The van der Waals surface area contributed by atoms with Crippen LogP contribution in [0.25, 0.3) is 0 Å². The van der Waals surface area contributed by atoms with Crippen LogP contribution in [0.4, 0.5) is 0 Å². The Kier molecular flexibility index (Phi) is 4.09. The summed E-state index contributed by atoms with van der Waals surface area (Å²) in [6.07, 6.45) is 0. The second-order valence-electron chi connectivity index (χ2n) is 1.82. The maximum atomic E-state index is 10.3. The van der Waals surface area contributed by atoms with Gasteiger partial charge in [-0.2, -0.15) is 0 Å². The normalized spacial score (nSPS) is 8.36. The van der Waals surface area contributed by atoms with Crippen molar-refractivity contribution >= 4 is 33.3 Å². The summed E-state index contributed by atoms with van der Waals surface area (Å²) < 4.78 is 0. The van der Waals surface area contributed by atoms with Crippen molar-refractivity contribution in [2.24, 2.45) is 0 Å². The Morgan fingerprint density at radius 1 is 1.27 bits per heavy atom. The van der Waals surface area contributed by atoms with E-state index < -0.39 is 5.97 Å². The van der Waals surface area contributed by atoms with Crippen molar-refractivity contribution in [2.45, 2.75) is 0 Å². The van der Waals surface area contributed by atoms with E-state index in [0.717, 1.165) is 0 Å². The van der Waals surface area contributed by atoms with Crippen molar-refractivity contribution in [2.75, 3.05) is 0 Å². The van der Waals surface area contributed by atoms with Gasteiger partial charge in [0.1, 0.15) is 11.3 Å². The van der Waals surface area contributed by atoms with E-state index in [9.17, 15) is 4.79 Å². The second kappa shape index (κ2) is 4.32. The first kappa shape index (κ1) is 10.4. The molecule has 0 bridgehead atoms. The molecule has 1 rings (SSSR count). The molecular formula is C7H8O3Pb. The molecule has 2 N–H and O–H groups in total. The molecule has 0 heterocycles. The van der Waals surface area contributed by atoms with Gasteiger partial charge in [0, 0.05) is 0 Å². The summed E-state index contributed by atoms with van der Waals surface area (Å²) in [5.74, 6) is -1.31. The summed E-state index contributed by atoms with van der Waals surface area (Å²) in [4.78, 5) is 10.3. The van der Waals surface area contributed by atoms with Crippen molar-refractivity contribution in [3.8, 4) is 5.75 Å². The number of benzene rings is 1. The molecule has 0 fully saturated rings. The predicted molar refractivity (Wildman–Crippen MR) is 43.6 cm³/mol. The molecule has 1 aromatic carbocycles. The van der Waals surface area contributed by atoms with Gasteiger partial charge in [0.25, 0.3) is 0 Å². The van der Waals surface area contributed by atoms with Gasteiger partial charge in [0.05, 0.1) is 0 Å². The number of carboxylic acid groups (broad SMARTS) is 1. The number of hydrogen-bond acceptors (Lipinski definition) is 2. The molecule has 0 saturated heterocycles. The third kappa shape index (κ3) is 2.49. The van der Waals surface area contributed by atoms with E-state index in [1.807, 2.05) is 0 Å². The van der Waals surface area contributed by atoms with Gasteiger partial charge in [0.2, 0.25) is 0 Å². The Hall–Kier alpha value is -0.588. The van der Waals surface area contributed by atoms with Crippen LogP contribution in [-0.4, -0.2) is 43.5 Å². The van der Waals surface area contributed by atoms with Gasteiger partial charge in [-0.1, -0.05) is 12.1 Å². The van der Waals surface area contributed by atoms with E-state index in [-0.39, 0.29) is 38.6 Å². The van der Waals surface area contributed by atoms with Gasteiger partial charge in [-0.05, 0) is 12.1 Å². The van der Waals surface area contributed by atoms with E-state index in [1.165, 1.54) is 12.1 Å². The minimum atomic E-state index is -1.11. The Morgan fingerprint density at radius 2 is 1.82 bits per heavy atom. The number of aromatic hydroxyl groups is 1. The summed E-state index contributed by atoms with van der Waals surface area (Å²) in [6, 6.07) is 5.81. The molecule has 0 aromatic heterocycles. The molecule has 0 aliphatic heterocycles.